The summed E-state index contributed by atoms with van der Waals surface area (Å²) in [5.74, 6) is -0.160. The maximum Gasteiger partial charge on any atom is 0.251 e. The molecule has 1 fully saturated rings. The van der Waals surface area contributed by atoms with Crippen LogP contribution in [-0.4, -0.2) is 41.5 Å². The van der Waals surface area contributed by atoms with Crippen molar-refractivity contribution in [1.82, 2.24) is 19.4 Å². The molecule has 1 aromatic carbocycles. The van der Waals surface area contributed by atoms with E-state index in [2.05, 4.69) is 10.4 Å². The Hall–Kier alpha value is -2.19. The maximum absolute atomic E-state index is 12.7. The molecular formula is C17H22N4O3S. The van der Waals surface area contributed by atoms with Crippen LogP contribution in [0, 0.1) is 0 Å². The van der Waals surface area contributed by atoms with Crippen LogP contribution in [0.1, 0.15) is 35.7 Å². The van der Waals surface area contributed by atoms with E-state index in [-0.39, 0.29) is 23.4 Å². The van der Waals surface area contributed by atoms with Gasteiger partial charge in [0.25, 0.3) is 5.91 Å². The molecule has 0 atom stereocenters. The zero-order valence-corrected chi connectivity index (χ0v) is 15.2. The van der Waals surface area contributed by atoms with Gasteiger partial charge in [-0.2, -0.15) is 9.40 Å². The molecule has 1 aliphatic carbocycles. The van der Waals surface area contributed by atoms with E-state index >= 15 is 0 Å². The number of sulfonamides is 1. The summed E-state index contributed by atoms with van der Waals surface area (Å²) in [6.07, 6.45) is 5.52. The predicted molar refractivity (Wildman–Crippen MR) is 93.5 cm³/mol. The lowest BCUT2D eigenvalue weighted by atomic mass is 10.2. The zero-order chi connectivity index (χ0) is 18.0. The summed E-state index contributed by atoms with van der Waals surface area (Å²) in [6, 6.07) is 6.32. The van der Waals surface area contributed by atoms with E-state index in [0.717, 1.165) is 24.9 Å². The van der Waals surface area contributed by atoms with Crippen LogP contribution in [0.3, 0.4) is 0 Å². The minimum atomic E-state index is -3.62. The molecule has 7 nitrogen and oxygen atoms in total. The molecule has 0 radical (unpaired) electrons. The molecule has 1 amide bonds. The summed E-state index contributed by atoms with van der Waals surface area (Å²) in [5.41, 5.74) is 1.30. The Morgan fingerprint density at radius 2 is 2.00 bits per heavy atom. The SMILES string of the molecule is CCn1cc(CN(C)S(=O)(=O)c2ccc(C(=O)NC3CC3)cc2)cn1. The Bertz CT molecular complexity index is 854. The number of carbonyl (C=O) groups excluding carboxylic acids is 1. The van der Waals surface area contributed by atoms with Gasteiger partial charge in [0.2, 0.25) is 10.0 Å². The van der Waals surface area contributed by atoms with Crippen LogP contribution in [0.2, 0.25) is 0 Å². The van der Waals surface area contributed by atoms with Gasteiger partial charge >= 0.3 is 0 Å². The van der Waals surface area contributed by atoms with Crippen molar-refractivity contribution in [2.24, 2.45) is 0 Å². The van der Waals surface area contributed by atoms with Crippen molar-refractivity contribution in [2.45, 2.75) is 43.8 Å². The van der Waals surface area contributed by atoms with Crippen LogP contribution < -0.4 is 5.32 Å². The number of amides is 1. The van der Waals surface area contributed by atoms with E-state index in [1.54, 1.807) is 23.0 Å². The monoisotopic (exact) mass is 362 g/mol. The molecule has 0 bridgehead atoms. The van der Waals surface area contributed by atoms with Crippen molar-refractivity contribution < 1.29 is 13.2 Å². The second-order valence-electron chi connectivity index (χ2n) is 6.24. The summed E-state index contributed by atoms with van der Waals surface area (Å²) in [5, 5.41) is 7.04. The number of carbonyl (C=O) groups is 1. The van der Waals surface area contributed by atoms with Gasteiger partial charge in [-0.25, -0.2) is 8.42 Å². The van der Waals surface area contributed by atoms with Crippen LogP contribution in [0.5, 0.6) is 0 Å². The molecule has 25 heavy (non-hydrogen) atoms. The molecule has 0 spiro atoms. The lowest BCUT2D eigenvalue weighted by molar-refractivity contribution is 0.0951. The van der Waals surface area contributed by atoms with Gasteiger partial charge in [-0.1, -0.05) is 0 Å². The number of aromatic nitrogens is 2. The molecule has 1 saturated carbocycles. The van der Waals surface area contributed by atoms with Crippen molar-refractivity contribution in [3.05, 3.63) is 47.8 Å². The lowest BCUT2D eigenvalue weighted by Gasteiger charge is -2.16. The molecule has 1 heterocycles. The number of nitrogens with zero attached hydrogens (tertiary/aromatic N) is 3. The molecule has 8 heteroatoms. The van der Waals surface area contributed by atoms with Crippen LogP contribution in [0.15, 0.2) is 41.6 Å². The molecule has 1 aliphatic rings. The Labute approximate surface area is 147 Å². The number of nitrogens with one attached hydrogen (secondary N) is 1. The Morgan fingerprint density at radius 1 is 1.32 bits per heavy atom. The van der Waals surface area contributed by atoms with Crippen molar-refractivity contribution in [1.29, 1.82) is 0 Å². The van der Waals surface area contributed by atoms with E-state index in [0.29, 0.717) is 5.56 Å². The fourth-order valence-electron chi connectivity index (χ4n) is 2.46. The topological polar surface area (TPSA) is 84.3 Å². The van der Waals surface area contributed by atoms with Gasteiger partial charge < -0.3 is 5.32 Å². The Balaban J connectivity index is 1.70. The van der Waals surface area contributed by atoms with Crippen molar-refractivity contribution in [3.63, 3.8) is 0 Å². The quantitative estimate of drug-likeness (QED) is 0.811. The molecule has 0 saturated heterocycles. The molecule has 134 valence electrons. The van der Waals surface area contributed by atoms with Gasteiger partial charge in [0.05, 0.1) is 11.1 Å². The van der Waals surface area contributed by atoms with Crippen molar-refractivity contribution in [2.75, 3.05) is 7.05 Å². The van der Waals surface area contributed by atoms with Crippen LogP contribution >= 0.6 is 0 Å². The van der Waals surface area contributed by atoms with Gasteiger partial charge in [-0.05, 0) is 44.0 Å². The average Bonchev–Trinajstić information content (AvgIpc) is 3.30. The average molecular weight is 362 g/mol. The summed E-state index contributed by atoms with van der Waals surface area (Å²) >= 11 is 0. The molecule has 0 unspecified atom stereocenters. The Morgan fingerprint density at radius 3 is 2.56 bits per heavy atom. The summed E-state index contributed by atoms with van der Waals surface area (Å²) < 4.78 is 28.4. The van der Waals surface area contributed by atoms with E-state index in [4.69, 9.17) is 0 Å². The highest BCUT2D eigenvalue weighted by Crippen LogP contribution is 2.20. The van der Waals surface area contributed by atoms with Gasteiger partial charge in [0.1, 0.15) is 0 Å². The summed E-state index contributed by atoms with van der Waals surface area (Å²) in [7, 11) is -2.09. The first-order valence-electron chi connectivity index (χ1n) is 8.28. The molecule has 1 N–H and O–H groups in total. The molecular weight excluding hydrogens is 340 g/mol. The number of hydrogen-bond acceptors (Lipinski definition) is 4. The molecule has 3 rings (SSSR count). The highest BCUT2D eigenvalue weighted by atomic mass is 32.2. The first kappa shape index (κ1) is 17.6. The first-order chi connectivity index (χ1) is 11.9. The summed E-state index contributed by atoms with van der Waals surface area (Å²) in [4.78, 5) is 12.1. The van der Waals surface area contributed by atoms with Crippen LogP contribution in [0.4, 0.5) is 0 Å². The highest BCUT2D eigenvalue weighted by molar-refractivity contribution is 7.89. The standard InChI is InChI=1S/C17H22N4O3S/c1-3-21-12-13(10-18-21)11-20(2)25(23,24)16-8-4-14(5-9-16)17(22)19-15-6-7-15/h4-5,8-10,12,15H,3,6-7,11H2,1-2H3,(H,19,22). The third-order valence-electron chi connectivity index (χ3n) is 4.15. The van der Waals surface area contributed by atoms with E-state index < -0.39 is 10.0 Å². The lowest BCUT2D eigenvalue weighted by Crippen LogP contribution is -2.27. The number of benzene rings is 1. The molecule has 0 aliphatic heterocycles. The fraction of sp³-hybridized carbons (Fsp3) is 0.412. The number of aryl methyl sites for hydroxylation is 1. The number of hydrogen-bond donors (Lipinski definition) is 1. The fourth-order valence-corrected chi connectivity index (χ4v) is 3.62. The van der Waals surface area contributed by atoms with Crippen molar-refractivity contribution >= 4 is 15.9 Å². The Kier molecular flexibility index (Phi) is 4.91. The zero-order valence-electron chi connectivity index (χ0n) is 14.3. The minimum absolute atomic E-state index is 0.160. The highest BCUT2D eigenvalue weighted by Gasteiger charge is 2.25. The van der Waals surface area contributed by atoms with Gasteiger partial charge in [0.15, 0.2) is 0 Å². The normalized spacial score (nSPS) is 14.7. The van der Waals surface area contributed by atoms with Gasteiger partial charge in [-0.3, -0.25) is 9.48 Å². The van der Waals surface area contributed by atoms with Crippen molar-refractivity contribution in [3.8, 4) is 0 Å². The predicted octanol–water partition coefficient (Wildman–Crippen LogP) is 1.62. The smallest absolute Gasteiger partial charge is 0.251 e. The minimum Gasteiger partial charge on any atom is -0.349 e. The second-order valence-corrected chi connectivity index (χ2v) is 8.28. The molecule has 2 aromatic rings. The third kappa shape index (κ3) is 4.08. The largest absolute Gasteiger partial charge is 0.349 e. The van der Waals surface area contributed by atoms with Crippen LogP contribution in [-0.2, 0) is 23.1 Å². The number of rotatable bonds is 7. The summed E-state index contributed by atoms with van der Waals surface area (Å²) in [6.45, 7) is 2.95. The first-order valence-corrected chi connectivity index (χ1v) is 9.72. The van der Waals surface area contributed by atoms with Gasteiger partial charge in [0, 0.05) is 43.5 Å². The molecule has 1 aromatic heterocycles. The van der Waals surface area contributed by atoms with E-state index in [1.807, 2.05) is 13.1 Å². The van der Waals surface area contributed by atoms with Crippen LogP contribution in [0.25, 0.3) is 0 Å². The second kappa shape index (κ2) is 6.97. The van der Waals surface area contributed by atoms with E-state index in [1.165, 1.54) is 23.5 Å². The maximum atomic E-state index is 12.7. The third-order valence-corrected chi connectivity index (χ3v) is 5.97. The van der Waals surface area contributed by atoms with Gasteiger partial charge in [-0.15, -0.1) is 0 Å². The van der Waals surface area contributed by atoms with E-state index in [9.17, 15) is 13.2 Å².